The van der Waals surface area contributed by atoms with E-state index in [9.17, 15) is 9.90 Å². The average molecular weight is 210 g/mol. The van der Waals surface area contributed by atoms with Gasteiger partial charge in [-0.05, 0) is 6.92 Å². The van der Waals surface area contributed by atoms with Gasteiger partial charge in [0, 0.05) is 6.42 Å². The molecule has 1 aromatic rings. The fourth-order valence-electron chi connectivity index (χ4n) is 1.67. The molecule has 1 N–H and O–H groups in total. The molecule has 2 heterocycles. The topological polar surface area (TPSA) is 71.2 Å². The Labute approximate surface area is 87.5 Å². The number of aliphatic hydroxyl groups is 1. The molecule has 0 unspecified atom stereocenters. The summed E-state index contributed by atoms with van der Waals surface area (Å²) in [6.45, 7) is 3.14. The minimum absolute atomic E-state index is 0.0528. The number of rotatable bonds is 3. The largest absolute Gasteiger partial charge is 0.386 e. The van der Waals surface area contributed by atoms with Crippen LogP contribution in [0.4, 0.5) is 0 Å². The molecule has 6 nitrogen and oxygen atoms in total. The summed E-state index contributed by atoms with van der Waals surface area (Å²) in [4.78, 5) is 17.0. The lowest BCUT2D eigenvalue weighted by molar-refractivity contribution is -0.152. The summed E-state index contributed by atoms with van der Waals surface area (Å²) in [6.07, 6.45) is 3.43. The summed E-state index contributed by atoms with van der Waals surface area (Å²) in [6, 6.07) is 0. The molecule has 1 aliphatic heterocycles. The molecule has 0 aromatic carbocycles. The van der Waals surface area contributed by atoms with Crippen molar-refractivity contribution in [3.05, 3.63) is 12.7 Å². The highest BCUT2D eigenvalue weighted by molar-refractivity contribution is 5.77. The quantitative estimate of drug-likeness (QED) is 0.713. The second-order valence-corrected chi connectivity index (χ2v) is 4.16. The number of aryl methyl sites for hydroxylation is 1. The molecule has 82 valence electrons. The van der Waals surface area contributed by atoms with Crippen molar-refractivity contribution in [2.24, 2.45) is 0 Å². The molecule has 0 spiro atoms. The van der Waals surface area contributed by atoms with Crippen LogP contribution < -0.4 is 0 Å². The third-order valence-corrected chi connectivity index (χ3v) is 2.44. The lowest BCUT2D eigenvalue weighted by atomic mass is 9.97. The van der Waals surface area contributed by atoms with E-state index in [0.717, 1.165) is 0 Å². The van der Waals surface area contributed by atoms with E-state index < -0.39 is 5.60 Å². The van der Waals surface area contributed by atoms with Gasteiger partial charge in [0.1, 0.15) is 12.7 Å². The third-order valence-electron chi connectivity index (χ3n) is 2.44. The molecule has 1 aromatic heterocycles. The van der Waals surface area contributed by atoms with Crippen LogP contribution in [-0.2, 0) is 11.3 Å². The van der Waals surface area contributed by atoms with Crippen LogP contribution in [-0.4, -0.2) is 49.4 Å². The molecule has 15 heavy (non-hydrogen) atoms. The first kappa shape index (κ1) is 10.1. The molecule has 0 bridgehead atoms. The zero-order valence-corrected chi connectivity index (χ0v) is 8.63. The average Bonchev–Trinajstić information content (AvgIpc) is 2.62. The molecule has 1 amide bonds. The van der Waals surface area contributed by atoms with Gasteiger partial charge in [-0.25, -0.2) is 4.98 Å². The zero-order valence-electron chi connectivity index (χ0n) is 8.63. The number of hydrogen-bond donors (Lipinski definition) is 1. The monoisotopic (exact) mass is 210 g/mol. The van der Waals surface area contributed by atoms with E-state index in [4.69, 9.17) is 0 Å². The van der Waals surface area contributed by atoms with Crippen LogP contribution in [0.3, 0.4) is 0 Å². The van der Waals surface area contributed by atoms with Crippen molar-refractivity contribution in [2.45, 2.75) is 25.5 Å². The second-order valence-electron chi connectivity index (χ2n) is 4.16. The van der Waals surface area contributed by atoms with Crippen molar-refractivity contribution in [2.75, 3.05) is 13.1 Å². The van der Waals surface area contributed by atoms with Gasteiger partial charge >= 0.3 is 0 Å². The predicted octanol–water partition coefficient (Wildman–Crippen LogP) is -0.739. The Balaban J connectivity index is 1.75. The van der Waals surface area contributed by atoms with Crippen LogP contribution >= 0.6 is 0 Å². The number of aromatic nitrogens is 3. The highest BCUT2D eigenvalue weighted by Crippen LogP contribution is 2.20. The van der Waals surface area contributed by atoms with Gasteiger partial charge in [-0.1, -0.05) is 0 Å². The maximum absolute atomic E-state index is 11.6. The van der Waals surface area contributed by atoms with E-state index in [-0.39, 0.29) is 5.91 Å². The van der Waals surface area contributed by atoms with Gasteiger partial charge in [0.25, 0.3) is 0 Å². The van der Waals surface area contributed by atoms with Gasteiger partial charge in [0.15, 0.2) is 0 Å². The molecule has 0 radical (unpaired) electrons. The van der Waals surface area contributed by atoms with Crippen LogP contribution in [0.1, 0.15) is 13.3 Å². The molecular weight excluding hydrogens is 196 g/mol. The lowest BCUT2D eigenvalue weighted by Gasteiger charge is -2.44. The summed E-state index contributed by atoms with van der Waals surface area (Å²) >= 11 is 0. The lowest BCUT2D eigenvalue weighted by Crippen LogP contribution is -2.61. The number of carbonyl (C=O) groups excluding carboxylic acids is 1. The van der Waals surface area contributed by atoms with Gasteiger partial charge < -0.3 is 10.0 Å². The maximum atomic E-state index is 11.6. The van der Waals surface area contributed by atoms with Crippen LogP contribution in [0, 0.1) is 0 Å². The molecule has 0 atom stereocenters. The molecule has 0 aliphatic carbocycles. The van der Waals surface area contributed by atoms with E-state index in [1.807, 2.05) is 0 Å². The van der Waals surface area contributed by atoms with E-state index in [1.165, 1.54) is 6.33 Å². The number of hydrogen-bond acceptors (Lipinski definition) is 4. The highest BCUT2D eigenvalue weighted by Gasteiger charge is 2.38. The normalized spacial score (nSPS) is 18.7. The number of likely N-dealkylation sites (tertiary alicyclic amines) is 1. The second kappa shape index (κ2) is 3.62. The van der Waals surface area contributed by atoms with Crippen molar-refractivity contribution in [3.8, 4) is 0 Å². The van der Waals surface area contributed by atoms with Gasteiger partial charge in [0.2, 0.25) is 5.91 Å². The first-order chi connectivity index (χ1) is 7.07. The van der Waals surface area contributed by atoms with Gasteiger partial charge in [-0.3, -0.25) is 9.48 Å². The van der Waals surface area contributed by atoms with Crippen molar-refractivity contribution in [1.29, 1.82) is 0 Å². The first-order valence-electron chi connectivity index (χ1n) is 4.89. The summed E-state index contributed by atoms with van der Waals surface area (Å²) in [5, 5.41) is 13.4. The van der Waals surface area contributed by atoms with Crippen LogP contribution in [0.2, 0.25) is 0 Å². The third kappa shape index (κ3) is 2.33. The standard InChI is InChI=1S/C9H14N4O2/c1-9(15)4-12(5-9)8(14)2-3-13-7-10-6-11-13/h6-7,15H,2-5H2,1H3. The minimum Gasteiger partial charge on any atom is -0.386 e. The van der Waals surface area contributed by atoms with Gasteiger partial charge in [-0.2, -0.15) is 5.10 Å². The molecule has 1 fully saturated rings. The van der Waals surface area contributed by atoms with Crippen molar-refractivity contribution in [1.82, 2.24) is 19.7 Å². The summed E-state index contributed by atoms with van der Waals surface area (Å²) < 4.78 is 1.62. The Morgan fingerprint density at radius 2 is 2.33 bits per heavy atom. The van der Waals surface area contributed by atoms with E-state index in [2.05, 4.69) is 10.1 Å². The van der Waals surface area contributed by atoms with Crippen LogP contribution in [0.25, 0.3) is 0 Å². The van der Waals surface area contributed by atoms with E-state index >= 15 is 0 Å². The Hall–Kier alpha value is -1.43. The fraction of sp³-hybridized carbons (Fsp3) is 0.667. The summed E-state index contributed by atoms with van der Waals surface area (Å²) in [5.74, 6) is 0.0528. The molecule has 2 rings (SSSR count). The van der Waals surface area contributed by atoms with Crippen molar-refractivity contribution in [3.63, 3.8) is 0 Å². The molecular formula is C9H14N4O2. The van der Waals surface area contributed by atoms with E-state index in [1.54, 1.807) is 22.8 Å². The molecule has 1 aliphatic rings. The molecule has 6 heteroatoms. The highest BCUT2D eigenvalue weighted by atomic mass is 16.3. The van der Waals surface area contributed by atoms with Crippen LogP contribution in [0.15, 0.2) is 12.7 Å². The van der Waals surface area contributed by atoms with Gasteiger partial charge in [-0.15, -0.1) is 0 Å². The van der Waals surface area contributed by atoms with Crippen molar-refractivity contribution < 1.29 is 9.90 Å². The minimum atomic E-state index is -0.692. The number of amides is 1. The Bertz CT molecular complexity index is 339. The Morgan fingerprint density at radius 3 is 2.87 bits per heavy atom. The summed E-state index contributed by atoms with van der Waals surface area (Å²) in [5.41, 5.74) is -0.692. The predicted molar refractivity (Wildman–Crippen MR) is 51.8 cm³/mol. The number of nitrogens with zero attached hydrogens (tertiary/aromatic N) is 4. The van der Waals surface area contributed by atoms with Crippen LogP contribution in [0.5, 0.6) is 0 Å². The summed E-state index contributed by atoms with van der Waals surface area (Å²) in [7, 11) is 0. The van der Waals surface area contributed by atoms with Crippen molar-refractivity contribution >= 4 is 5.91 Å². The SMILES string of the molecule is CC1(O)CN(C(=O)CCn2cncn2)C1. The number of carbonyl (C=O) groups is 1. The fourth-order valence-corrected chi connectivity index (χ4v) is 1.67. The maximum Gasteiger partial charge on any atom is 0.224 e. The zero-order chi connectivity index (χ0) is 10.9. The molecule has 0 saturated carbocycles. The number of β-amino-alcohol motifs (C(OH)–C–C–N with tert-alkyl or cyclic N) is 1. The Kier molecular flexibility index (Phi) is 2.44. The Morgan fingerprint density at radius 1 is 1.60 bits per heavy atom. The smallest absolute Gasteiger partial charge is 0.224 e. The van der Waals surface area contributed by atoms with E-state index in [0.29, 0.717) is 26.1 Å². The van der Waals surface area contributed by atoms with Gasteiger partial charge in [0.05, 0.1) is 25.2 Å². The molecule has 1 saturated heterocycles. The first-order valence-corrected chi connectivity index (χ1v) is 4.89.